The number of methoxy groups -OCH3 is 1. The molecule has 0 aliphatic carbocycles. The molecule has 0 radical (unpaired) electrons. The Morgan fingerprint density at radius 1 is 1.24 bits per heavy atom. The fraction of sp³-hybridized carbons (Fsp3) is 0.476. The number of aromatic nitrogens is 2. The minimum absolute atomic E-state index is 0.229. The van der Waals surface area contributed by atoms with Crippen LogP contribution in [0.4, 0.5) is 5.69 Å². The van der Waals surface area contributed by atoms with Gasteiger partial charge in [0, 0.05) is 24.8 Å². The van der Waals surface area contributed by atoms with Crippen LogP contribution in [0.1, 0.15) is 46.1 Å². The number of anilines is 1. The molecule has 1 aliphatic rings. The van der Waals surface area contributed by atoms with E-state index < -0.39 is 0 Å². The molecule has 1 aliphatic heterocycles. The van der Waals surface area contributed by atoms with Crippen molar-refractivity contribution in [3.05, 3.63) is 41.5 Å². The highest BCUT2D eigenvalue weighted by atomic mass is 16.5. The molecule has 2 N–H and O–H groups in total. The van der Waals surface area contributed by atoms with Gasteiger partial charge in [-0.2, -0.15) is 0 Å². The Hall–Kier alpha value is -2.87. The molecule has 0 atom stereocenters. The summed E-state index contributed by atoms with van der Waals surface area (Å²) in [4.78, 5) is 32.1. The molecule has 2 aromatic rings. The lowest BCUT2D eigenvalue weighted by molar-refractivity contribution is 0.0936. The standard InChI is InChI=1S/C21H29N5O3/c1-25(2)12-7-11-22-21(28)19-24-18(17-10-4-5-13-26(17)19)20(27)23-15-8-6-9-16(14-15)29-3/h6,8-9,14H,4-5,7,10-13H2,1-3H3,(H,22,28)(H,23,27). The summed E-state index contributed by atoms with van der Waals surface area (Å²) in [5, 5.41) is 5.79. The molecular formula is C21H29N5O3. The van der Waals surface area contributed by atoms with E-state index in [1.165, 1.54) is 0 Å². The number of amides is 2. The van der Waals surface area contributed by atoms with E-state index in [0.717, 1.165) is 37.9 Å². The average Bonchev–Trinajstić information content (AvgIpc) is 3.11. The first-order valence-corrected chi connectivity index (χ1v) is 9.97. The molecule has 0 spiro atoms. The van der Waals surface area contributed by atoms with Crippen LogP contribution in [0, 0.1) is 0 Å². The number of carbonyl (C=O) groups excluding carboxylic acids is 2. The third kappa shape index (κ3) is 5.14. The summed E-state index contributed by atoms with van der Waals surface area (Å²) in [5.74, 6) is 0.440. The van der Waals surface area contributed by atoms with Gasteiger partial charge in [-0.05, 0) is 58.5 Å². The van der Waals surface area contributed by atoms with Crippen LogP contribution in [-0.4, -0.2) is 60.6 Å². The number of fused-ring (bicyclic) bond motifs is 1. The number of carbonyl (C=O) groups is 2. The first-order chi connectivity index (χ1) is 14.0. The number of rotatable bonds is 8. The number of nitrogens with one attached hydrogen (secondary N) is 2. The molecule has 1 aromatic carbocycles. The predicted molar refractivity (Wildman–Crippen MR) is 112 cm³/mol. The van der Waals surface area contributed by atoms with Gasteiger partial charge in [0.2, 0.25) is 0 Å². The quantitative estimate of drug-likeness (QED) is 0.664. The molecule has 2 heterocycles. The van der Waals surface area contributed by atoms with E-state index in [4.69, 9.17) is 4.74 Å². The van der Waals surface area contributed by atoms with Crippen LogP contribution in [0.5, 0.6) is 5.75 Å². The highest BCUT2D eigenvalue weighted by Crippen LogP contribution is 2.23. The summed E-state index contributed by atoms with van der Waals surface area (Å²) in [5.41, 5.74) is 1.78. The number of imidazole rings is 1. The molecular weight excluding hydrogens is 370 g/mol. The third-order valence-corrected chi connectivity index (χ3v) is 4.93. The third-order valence-electron chi connectivity index (χ3n) is 4.93. The Balaban J connectivity index is 1.76. The van der Waals surface area contributed by atoms with E-state index in [0.29, 0.717) is 36.0 Å². The topological polar surface area (TPSA) is 88.5 Å². The lowest BCUT2D eigenvalue weighted by Gasteiger charge is -2.17. The highest BCUT2D eigenvalue weighted by Gasteiger charge is 2.27. The number of benzene rings is 1. The molecule has 0 saturated heterocycles. The van der Waals surface area contributed by atoms with Crippen molar-refractivity contribution in [3.63, 3.8) is 0 Å². The van der Waals surface area contributed by atoms with Crippen LogP contribution >= 0.6 is 0 Å². The molecule has 0 bridgehead atoms. The van der Waals surface area contributed by atoms with E-state index in [1.807, 2.05) is 30.8 Å². The molecule has 0 fully saturated rings. The van der Waals surface area contributed by atoms with Crippen molar-refractivity contribution in [2.45, 2.75) is 32.2 Å². The molecule has 0 saturated carbocycles. The number of hydrogen-bond acceptors (Lipinski definition) is 5. The Labute approximate surface area is 171 Å². The van der Waals surface area contributed by atoms with Gasteiger partial charge in [0.15, 0.2) is 11.5 Å². The molecule has 8 heteroatoms. The second kappa shape index (κ2) is 9.56. The van der Waals surface area contributed by atoms with Crippen LogP contribution in [0.3, 0.4) is 0 Å². The number of hydrogen-bond donors (Lipinski definition) is 2. The first kappa shape index (κ1) is 20.9. The first-order valence-electron chi connectivity index (χ1n) is 9.97. The van der Waals surface area contributed by atoms with Crippen LogP contribution in [0.15, 0.2) is 24.3 Å². The van der Waals surface area contributed by atoms with Crippen molar-refractivity contribution in [2.75, 3.05) is 39.6 Å². The van der Waals surface area contributed by atoms with Crippen LogP contribution in [0.25, 0.3) is 0 Å². The second-order valence-electron chi connectivity index (χ2n) is 7.44. The summed E-state index contributed by atoms with van der Waals surface area (Å²) in [6.45, 7) is 2.17. The summed E-state index contributed by atoms with van der Waals surface area (Å²) in [6, 6.07) is 7.16. The Morgan fingerprint density at radius 3 is 2.83 bits per heavy atom. The van der Waals surface area contributed by atoms with Crippen molar-refractivity contribution in [2.24, 2.45) is 0 Å². The van der Waals surface area contributed by atoms with Gasteiger partial charge in [-0.25, -0.2) is 4.98 Å². The van der Waals surface area contributed by atoms with E-state index in [-0.39, 0.29) is 11.8 Å². The fourth-order valence-corrected chi connectivity index (χ4v) is 3.47. The average molecular weight is 399 g/mol. The number of nitrogens with zero attached hydrogens (tertiary/aromatic N) is 3. The molecule has 0 unspecified atom stereocenters. The maximum atomic E-state index is 12.9. The zero-order valence-corrected chi connectivity index (χ0v) is 17.3. The lowest BCUT2D eigenvalue weighted by atomic mass is 10.1. The summed E-state index contributed by atoms with van der Waals surface area (Å²) in [6.07, 6.45) is 3.55. The van der Waals surface area contributed by atoms with Crippen LogP contribution in [-0.2, 0) is 13.0 Å². The van der Waals surface area contributed by atoms with Gasteiger partial charge in [-0.3, -0.25) is 9.59 Å². The predicted octanol–water partition coefficient (Wildman–Crippen LogP) is 2.16. The van der Waals surface area contributed by atoms with E-state index in [1.54, 1.807) is 19.2 Å². The normalized spacial score (nSPS) is 13.1. The van der Waals surface area contributed by atoms with E-state index in [9.17, 15) is 9.59 Å². The zero-order chi connectivity index (χ0) is 20.8. The minimum Gasteiger partial charge on any atom is -0.497 e. The molecule has 3 rings (SSSR count). The lowest BCUT2D eigenvalue weighted by Crippen LogP contribution is -2.30. The van der Waals surface area contributed by atoms with Gasteiger partial charge < -0.3 is 24.8 Å². The van der Waals surface area contributed by atoms with Crippen molar-refractivity contribution < 1.29 is 14.3 Å². The SMILES string of the molecule is COc1cccc(NC(=O)c2nc(C(=O)NCCCN(C)C)n3c2CCCC3)c1. The second-order valence-corrected chi connectivity index (χ2v) is 7.44. The molecule has 29 heavy (non-hydrogen) atoms. The van der Waals surface area contributed by atoms with Crippen molar-refractivity contribution in [1.82, 2.24) is 19.8 Å². The monoisotopic (exact) mass is 399 g/mol. The summed E-state index contributed by atoms with van der Waals surface area (Å²) < 4.78 is 7.10. The molecule has 8 nitrogen and oxygen atoms in total. The van der Waals surface area contributed by atoms with Gasteiger partial charge in [-0.15, -0.1) is 0 Å². The Kier molecular flexibility index (Phi) is 6.87. The van der Waals surface area contributed by atoms with E-state index in [2.05, 4.69) is 20.5 Å². The van der Waals surface area contributed by atoms with Crippen LogP contribution in [0.2, 0.25) is 0 Å². The van der Waals surface area contributed by atoms with Gasteiger partial charge in [0.1, 0.15) is 5.75 Å². The van der Waals surface area contributed by atoms with Crippen molar-refractivity contribution in [3.8, 4) is 5.75 Å². The van der Waals surface area contributed by atoms with Gasteiger partial charge >= 0.3 is 0 Å². The van der Waals surface area contributed by atoms with Gasteiger partial charge in [0.25, 0.3) is 11.8 Å². The fourth-order valence-electron chi connectivity index (χ4n) is 3.47. The van der Waals surface area contributed by atoms with E-state index >= 15 is 0 Å². The zero-order valence-electron chi connectivity index (χ0n) is 17.3. The highest BCUT2D eigenvalue weighted by molar-refractivity contribution is 6.05. The largest absolute Gasteiger partial charge is 0.497 e. The van der Waals surface area contributed by atoms with Gasteiger partial charge in [-0.1, -0.05) is 6.07 Å². The smallest absolute Gasteiger partial charge is 0.287 e. The number of ether oxygens (including phenoxy) is 1. The molecule has 156 valence electrons. The van der Waals surface area contributed by atoms with Crippen LogP contribution < -0.4 is 15.4 Å². The van der Waals surface area contributed by atoms with Crippen molar-refractivity contribution in [1.29, 1.82) is 0 Å². The Morgan fingerprint density at radius 2 is 2.07 bits per heavy atom. The van der Waals surface area contributed by atoms with Crippen molar-refractivity contribution >= 4 is 17.5 Å². The summed E-state index contributed by atoms with van der Waals surface area (Å²) >= 11 is 0. The molecule has 1 aromatic heterocycles. The summed E-state index contributed by atoms with van der Waals surface area (Å²) in [7, 11) is 5.58. The maximum absolute atomic E-state index is 12.9. The minimum atomic E-state index is -0.310. The van der Waals surface area contributed by atoms with Gasteiger partial charge in [0.05, 0.1) is 12.8 Å². The maximum Gasteiger partial charge on any atom is 0.287 e. The molecule has 2 amide bonds. The Bertz CT molecular complexity index is 875.